The van der Waals surface area contributed by atoms with Crippen LogP contribution in [0.15, 0.2) is 16.6 Å². The van der Waals surface area contributed by atoms with Gasteiger partial charge in [0.1, 0.15) is 0 Å². The van der Waals surface area contributed by atoms with Gasteiger partial charge in [-0.3, -0.25) is 0 Å². The Morgan fingerprint density at radius 2 is 2.10 bits per heavy atom. The normalized spacial score (nSPS) is 11.0. The molecule has 1 aromatic carbocycles. The fourth-order valence-corrected chi connectivity index (χ4v) is 2.36. The van der Waals surface area contributed by atoms with Crippen LogP contribution in [-0.2, 0) is 4.74 Å². The van der Waals surface area contributed by atoms with Crippen molar-refractivity contribution >= 4 is 27.6 Å². The summed E-state index contributed by atoms with van der Waals surface area (Å²) in [5.41, 5.74) is 7.29. The van der Waals surface area contributed by atoms with Gasteiger partial charge in [0.25, 0.3) is 0 Å². The SMILES string of the molecule is Cc1c(N)cc(Br)cc1C(=O)OCCCCC(C)(C)C#N. The van der Waals surface area contributed by atoms with E-state index in [1.807, 2.05) is 13.8 Å². The number of nitrogens with zero attached hydrogens (tertiary/aromatic N) is 1. The number of carbonyl (C=O) groups is 1. The molecule has 1 aromatic rings. The third-order valence-electron chi connectivity index (χ3n) is 3.36. The molecule has 0 saturated carbocycles. The van der Waals surface area contributed by atoms with Gasteiger partial charge in [-0.1, -0.05) is 15.9 Å². The second-order valence-corrected chi connectivity index (χ2v) is 6.67. The van der Waals surface area contributed by atoms with E-state index in [2.05, 4.69) is 22.0 Å². The lowest BCUT2D eigenvalue weighted by molar-refractivity contribution is 0.0495. The summed E-state index contributed by atoms with van der Waals surface area (Å²) in [5, 5.41) is 8.92. The highest BCUT2D eigenvalue weighted by molar-refractivity contribution is 9.10. The number of halogens is 1. The first-order valence-electron chi connectivity index (χ1n) is 6.91. The standard InChI is InChI=1S/C16H21BrN2O2/c1-11-13(8-12(17)9-14(11)19)15(20)21-7-5-4-6-16(2,3)10-18/h8-9H,4-7,19H2,1-3H3. The highest BCUT2D eigenvalue weighted by atomic mass is 79.9. The predicted molar refractivity (Wildman–Crippen MR) is 86.8 cm³/mol. The number of unbranched alkanes of at least 4 members (excludes halogenated alkanes) is 1. The van der Waals surface area contributed by atoms with Crippen LogP contribution in [0.4, 0.5) is 5.69 Å². The van der Waals surface area contributed by atoms with E-state index in [1.54, 1.807) is 19.1 Å². The lowest BCUT2D eigenvalue weighted by Gasteiger charge is -2.14. The number of nitrogens with two attached hydrogens (primary N) is 1. The summed E-state index contributed by atoms with van der Waals surface area (Å²) in [5.74, 6) is -0.361. The smallest absolute Gasteiger partial charge is 0.338 e. The minimum atomic E-state index is -0.361. The Morgan fingerprint density at radius 3 is 2.71 bits per heavy atom. The summed E-state index contributed by atoms with van der Waals surface area (Å²) >= 11 is 3.32. The van der Waals surface area contributed by atoms with Crippen molar-refractivity contribution in [2.24, 2.45) is 5.41 Å². The molecular weight excluding hydrogens is 332 g/mol. The molecule has 114 valence electrons. The molecular formula is C16H21BrN2O2. The van der Waals surface area contributed by atoms with Crippen LogP contribution in [0.2, 0.25) is 0 Å². The van der Waals surface area contributed by atoms with E-state index in [0.29, 0.717) is 17.9 Å². The molecule has 0 bridgehead atoms. The molecule has 0 amide bonds. The zero-order valence-corrected chi connectivity index (χ0v) is 14.3. The topological polar surface area (TPSA) is 76.1 Å². The predicted octanol–water partition coefficient (Wildman–Crippen LogP) is 4.22. The number of nitriles is 1. The molecule has 21 heavy (non-hydrogen) atoms. The Bertz CT molecular complexity index is 562. The first kappa shape index (κ1) is 17.5. The van der Waals surface area contributed by atoms with Gasteiger partial charge in [-0.25, -0.2) is 4.79 Å². The van der Waals surface area contributed by atoms with Crippen LogP contribution in [0.5, 0.6) is 0 Å². The van der Waals surface area contributed by atoms with E-state index in [0.717, 1.165) is 29.3 Å². The first-order valence-corrected chi connectivity index (χ1v) is 7.70. The second-order valence-electron chi connectivity index (χ2n) is 5.76. The van der Waals surface area contributed by atoms with Crippen LogP contribution in [0.3, 0.4) is 0 Å². The maximum atomic E-state index is 12.0. The minimum absolute atomic E-state index is 0.320. The van der Waals surface area contributed by atoms with Gasteiger partial charge in [0, 0.05) is 10.2 Å². The second kappa shape index (κ2) is 7.46. The van der Waals surface area contributed by atoms with Gasteiger partial charge < -0.3 is 10.5 Å². The minimum Gasteiger partial charge on any atom is -0.462 e. The quantitative estimate of drug-likeness (QED) is 0.472. The average Bonchev–Trinajstić information content (AvgIpc) is 2.42. The third-order valence-corrected chi connectivity index (χ3v) is 3.82. The largest absolute Gasteiger partial charge is 0.462 e. The molecule has 0 atom stereocenters. The summed E-state index contributed by atoms with van der Waals surface area (Å²) < 4.78 is 6.03. The Kier molecular flexibility index (Phi) is 6.22. The van der Waals surface area contributed by atoms with E-state index in [-0.39, 0.29) is 11.4 Å². The van der Waals surface area contributed by atoms with Gasteiger partial charge in [-0.05, 0) is 57.7 Å². The van der Waals surface area contributed by atoms with Crippen molar-refractivity contribution in [1.82, 2.24) is 0 Å². The number of esters is 1. The summed E-state index contributed by atoms with van der Waals surface area (Å²) in [6.45, 7) is 5.97. The van der Waals surface area contributed by atoms with Crippen molar-refractivity contribution in [3.05, 3.63) is 27.7 Å². The average molecular weight is 353 g/mol. The molecule has 0 spiro atoms. The molecule has 0 aliphatic rings. The number of hydrogen-bond acceptors (Lipinski definition) is 4. The van der Waals surface area contributed by atoms with Gasteiger partial charge in [-0.15, -0.1) is 0 Å². The Balaban J connectivity index is 2.47. The molecule has 0 fully saturated rings. The molecule has 0 saturated heterocycles. The number of carbonyl (C=O) groups excluding carboxylic acids is 1. The van der Waals surface area contributed by atoms with E-state index in [9.17, 15) is 4.79 Å². The summed E-state index contributed by atoms with van der Waals surface area (Å²) in [7, 11) is 0. The highest BCUT2D eigenvalue weighted by Crippen LogP contribution is 2.24. The third kappa shape index (κ3) is 5.39. The fraction of sp³-hybridized carbons (Fsp3) is 0.500. The van der Waals surface area contributed by atoms with Crippen molar-refractivity contribution in [2.45, 2.75) is 40.0 Å². The Morgan fingerprint density at radius 1 is 1.43 bits per heavy atom. The van der Waals surface area contributed by atoms with Crippen molar-refractivity contribution in [3.63, 3.8) is 0 Å². The first-order chi connectivity index (χ1) is 9.76. The molecule has 0 aromatic heterocycles. The van der Waals surface area contributed by atoms with Crippen molar-refractivity contribution in [2.75, 3.05) is 12.3 Å². The molecule has 0 radical (unpaired) electrons. The van der Waals surface area contributed by atoms with Crippen LogP contribution >= 0.6 is 15.9 Å². The molecule has 0 heterocycles. The van der Waals surface area contributed by atoms with Crippen molar-refractivity contribution < 1.29 is 9.53 Å². The van der Waals surface area contributed by atoms with Crippen LogP contribution < -0.4 is 5.73 Å². The van der Waals surface area contributed by atoms with E-state index < -0.39 is 0 Å². The molecule has 2 N–H and O–H groups in total. The van der Waals surface area contributed by atoms with Gasteiger partial charge >= 0.3 is 5.97 Å². The Hall–Kier alpha value is -1.54. The highest BCUT2D eigenvalue weighted by Gasteiger charge is 2.16. The lowest BCUT2D eigenvalue weighted by atomic mass is 9.89. The van der Waals surface area contributed by atoms with Crippen LogP contribution in [0.25, 0.3) is 0 Å². The molecule has 1 rings (SSSR count). The van der Waals surface area contributed by atoms with Crippen LogP contribution in [0, 0.1) is 23.7 Å². The zero-order chi connectivity index (χ0) is 16.0. The van der Waals surface area contributed by atoms with Gasteiger partial charge in [0.05, 0.1) is 23.7 Å². The van der Waals surface area contributed by atoms with Crippen molar-refractivity contribution in [3.8, 4) is 6.07 Å². The summed E-state index contributed by atoms with van der Waals surface area (Å²) in [6, 6.07) is 5.74. The van der Waals surface area contributed by atoms with Crippen molar-refractivity contribution in [1.29, 1.82) is 5.26 Å². The lowest BCUT2D eigenvalue weighted by Crippen LogP contribution is -2.11. The number of ether oxygens (including phenoxy) is 1. The maximum absolute atomic E-state index is 12.0. The van der Waals surface area contributed by atoms with E-state index in [4.69, 9.17) is 15.7 Å². The number of benzene rings is 1. The molecule has 4 nitrogen and oxygen atoms in total. The fourth-order valence-electron chi connectivity index (χ4n) is 1.88. The molecule has 0 unspecified atom stereocenters. The van der Waals surface area contributed by atoms with Gasteiger partial charge in [0.15, 0.2) is 0 Å². The number of anilines is 1. The number of nitrogen functional groups attached to an aromatic ring is 1. The van der Waals surface area contributed by atoms with Crippen LogP contribution in [-0.4, -0.2) is 12.6 Å². The monoisotopic (exact) mass is 352 g/mol. The van der Waals surface area contributed by atoms with E-state index in [1.165, 1.54) is 0 Å². The van der Waals surface area contributed by atoms with Gasteiger partial charge in [0.2, 0.25) is 0 Å². The van der Waals surface area contributed by atoms with Crippen LogP contribution in [0.1, 0.15) is 49.0 Å². The summed E-state index contributed by atoms with van der Waals surface area (Å²) in [4.78, 5) is 12.0. The maximum Gasteiger partial charge on any atom is 0.338 e. The number of rotatable bonds is 6. The number of hydrogen-bond donors (Lipinski definition) is 1. The molecule has 0 aliphatic heterocycles. The zero-order valence-electron chi connectivity index (χ0n) is 12.7. The van der Waals surface area contributed by atoms with E-state index >= 15 is 0 Å². The van der Waals surface area contributed by atoms with Gasteiger partial charge in [-0.2, -0.15) is 5.26 Å². The summed E-state index contributed by atoms with van der Waals surface area (Å²) in [6.07, 6.45) is 2.40. The Labute approximate surface area is 134 Å². The molecule has 5 heteroatoms. The molecule has 0 aliphatic carbocycles.